The highest BCUT2D eigenvalue weighted by atomic mass is 16.5. The van der Waals surface area contributed by atoms with Crippen LogP contribution in [0.5, 0.6) is 5.75 Å². The van der Waals surface area contributed by atoms with Crippen molar-refractivity contribution in [2.75, 3.05) is 37.3 Å². The van der Waals surface area contributed by atoms with Gasteiger partial charge in [-0.15, -0.1) is 0 Å². The summed E-state index contributed by atoms with van der Waals surface area (Å²) in [7, 11) is 0. The van der Waals surface area contributed by atoms with E-state index in [1.165, 1.54) is 32.0 Å². The van der Waals surface area contributed by atoms with Crippen LogP contribution in [-0.4, -0.2) is 55.9 Å². The van der Waals surface area contributed by atoms with Gasteiger partial charge in [-0.1, -0.05) is 25.0 Å². The average molecular weight is 539 g/mol. The number of rotatable bonds is 8. The van der Waals surface area contributed by atoms with Crippen molar-refractivity contribution in [3.8, 4) is 17.0 Å². The Morgan fingerprint density at radius 2 is 1.85 bits per heavy atom. The first-order valence-corrected chi connectivity index (χ1v) is 14.2. The van der Waals surface area contributed by atoms with Crippen LogP contribution < -0.4 is 15.8 Å². The van der Waals surface area contributed by atoms with Gasteiger partial charge >= 0.3 is 0 Å². The number of benzene rings is 2. The molecule has 0 unspecified atom stereocenters. The fraction of sp³-hybridized carbons (Fsp3) is 0.400. The minimum atomic E-state index is 0.350. The number of nitrogens with two attached hydrogens (primary N) is 1. The second-order valence-electron chi connectivity index (χ2n) is 10.9. The summed E-state index contributed by atoms with van der Waals surface area (Å²) in [6.45, 7) is 5.91. The molecule has 10 nitrogen and oxygen atoms in total. The van der Waals surface area contributed by atoms with Crippen LogP contribution in [-0.2, 0) is 0 Å². The van der Waals surface area contributed by atoms with Gasteiger partial charge in [0.1, 0.15) is 30.0 Å². The molecule has 40 heavy (non-hydrogen) atoms. The lowest BCUT2D eigenvalue weighted by Gasteiger charge is -2.15. The fourth-order valence-corrected chi connectivity index (χ4v) is 6.02. The first-order chi connectivity index (χ1) is 19.6. The average Bonchev–Trinajstić information content (AvgIpc) is 3.76. The largest absolute Gasteiger partial charge is 0.488 e. The van der Waals surface area contributed by atoms with Crippen molar-refractivity contribution in [3.05, 3.63) is 48.3 Å². The van der Waals surface area contributed by atoms with Crippen molar-refractivity contribution in [2.45, 2.75) is 51.5 Å². The smallest absolute Gasteiger partial charge is 0.300 e. The van der Waals surface area contributed by atoms with Crippen molar-refractivity contribution in [1.82, 2.24) is 29.6 Å². The van der Waals surface area contributed by atoms with Crippen LogP contribution in [0.2, 0.25) is 0 Å². The van der Waals surface area contributed by atoms with Crippen molar-refractivity contribution < 1.29 is 9.15 Å². The number of nitrogen functional groups attached to an aromatic ring is 1. The van der Waals surface area contributed by atoms with Crippen LogP contribution in [0.3, 0.4) is 0 Å². The molecule has 0 bridgehead atoms. The molecule has 3 N–H and O–H groups in total. The van der Waals surface area contributed by atoms with Gasteiger partial charge in [-0.05, 0) is 75.5 Å². The van der Waals surface area contributed by atoms with E-state index in [1.807, 2.05) is 48.0 Å². The van der Waals surface area contributed by atoms with Crippen LogP contribution >= 0.6 is 0 Å². The van der Waals surface area contributed by atoms with Gasteiger partial charge in [0.05, 0.1) is 11.4 Å². The summed E-state index contributed by atoms with van der Waals surface area (Å²) < 4.78 is 14.3. The Morgan fingerprint density at radius 3 is 2.65 bits per heavy atom. The molecule has 2 fully saturated rings. The first kappa shape index (κ1) is 24.8. The van der Waals surface area contributed by atoms with E-state index in [9.17, 15) is 0 Å². The van der Waals surface area contributed by atoms with E-state index in [2.05, 4.69) is 25.2 Å². The zero-order valence-electron chi connectivity index (χ0n) is 22.8. The molecule has 0 radical (unpaired) electrons. The lowest BCUT2D eigenvalue weighted by atomic mass is 10.1. The Kier molecular flexibility index (Phi) is 6.47. The van der Waals surface area contributed by atoms with E-state index in [0.29, 0.717) is 30.1 Å². The van der Waals surface area contributed by atoms with Crippen LogP contribution in [0, 0.1) is 6.92 Å². The van der Waals surface area contributed by atoms with E-state index in [4.69, 9.17) is 20.0 Å². The predicted octanol–water partition coefficient (Wildman–Crippen LogP) is 5.86. The number of ether oxygens (including phenoxy) is 1. The highest BCUT2D eigenvalue weighted by Crippen LogP contribution is 2.37. The van der Waals surface area contributed by atoms with E-state index in [-0.39, 0.29) is 0 Å². The molecule has 10 heteroatoms. The number of likely N-dealkylation sites (tertiary alicyclic amines) is 1. The summed E-state index contributed by atoms with van der Waals surface area (Å²) in [6.07, 6.45) is 8.71. The zero-order valence-corrected chi connectivity index (χ0v) is 22.8. The fourth-order valence-electron chi connectivity index (χ4n) is 6.02. The normalized spacial score (nSPS) is 16.4. The molecule has 1 aliphatic heterocycles. The molecule has 2 aliphatic rings. The molecular formula is C30H34N8O2. The lowest BCUT2D eigenvalue weighted by Crippen LogP contribution is -2.25. The third kappa shape index (κ3) is 4.72. The van der Waals surface area contributed by atoms with Crippen LogP contribution in [0.25, 0.3) is 33.4 Å². The number of hydrogen-bond acceptors (Lipinski definition) is 9. The number of oxazole rings is 1. The van der Waals surface area contributed by atoms with Crippen molar-refractivity contribution in [3.63, 3.8) is 0 Å². The van der Waals surface area contributed by atoms with E-state index < -0.39 is 0 Å². The first-order valence-electron chi connectivity index (χ1n) is 14.2. The quantitative estimate of drug-likeness (QED) is 0.250. The Hall–Kier alpha value is -4.18. The summed E-state index contributed by atoms with van der Waals surface area (Å²) in [5, 5.41) is 9.09. The molecule has 1 saturated heterocycles. The second kappa shape index (κ2) is 10.4. The highest BCUT2D eigenvalue weighted by Gasteiger charge is 2.24. The van der Waals surface area contributed by atoms with Gasteiger partial charge in [-0.25, -0.2) is 14.6 Å². The topological polar surface area (TPSA) is 120 Å². The minimum absolute atomic E-state index is 0.350. The van der Waals surface area contributed by atoms with Crippen molar-refractivity contribution in [1.29, 1.82) is 0 Å². The molecule has 7 rings (SSSR count). The maximum atomic E-state index is 6.31. The SMILES string of the molecule is Cc1cc(OCCN2CCCC2)c2oc(Nc3ccc(-c4nn(C5CCCC5)c5ncnc(N)c45)cc3)nc2c1. The minimum Gasteiger partial charge on any atom is -0.488 e. The second-order valence-corrected chi connectivity index (χ2v) is 10.9. The summed E-state index contributed by atoms with van der Waals surface area (Å²) >= 11 is 0. The number of aryl methyl sites for hydroxylation is 1. The number of nitrogens with one attached hydrogen (secondary N) is 1. The van der Waals surface area contributed by atoms with Crippen molar-refractivity contribution >= 4 is 39.7 Å². The molecule has 0 atom stereocenters. The Bertz CT molecular complexity index is 1650. The van der Waals surface area contributed by atoms with Gasteiger partial charge in [0.2, 0.25) is 0 Å². The standard InChI is InChI=1S/C30H34N8O2/c1-19-16-23-27(24(17-19)39-15-14-37-12-4-5-13-37)40-30(35-23)34-21-10-8-20(9-11-21)26-25-28(31)32-18-33-29(25)38(36-26)22-6-2-3-7-22/h8-11,16-18,22H,2-7,12-15H2,1H3,(H,34,35)(H2,31,32,33). The molecule has 0 amide bonds. The summed E-state index contributed by atoms with van der Waals surface area (Å²) in [6, 6.07) is 12.8. The van der Waals surface area contributed by atoms with Gasteiger partial charge in [0.15, 0.2) is 17.0 Å². The highest BCUT2D eigenvalue weighted by molar-refractivity contribution is 5.98. The number of fused-ring (bicyclic) bond motifs is 2. The molecule has 1 saturated carbocycles. The Balaban J connectivity index is 1.12. The van der Waals surface area contributed by atoms with E-state index >= 15 is 0 Å². The Labute approximate surface area is 232 Å². The molecule has 3 aromatic heterocycles. The molecule has 206 valence electrons. The molecule has 5 aromatic rings. The maximum absolute atomic E-state index is 6.31. The van der Waals surface area contributed by atoms with Gasteiger partial charge in [0, 0.05) is 17.8 Å². The molecule has 1 aliphatic carbocycles. The summed E-state index contributed by atoms with van der Waals surface area (Å²) in [4.78, 5) is 15.9. The number of aromatic nitrogens is 5. The Morgan fingerprint density at radius 1 is 1.05 bits per heavy atom. The summed E-state index contributed by atoms with van der Waals surface area (Å²) in [5.41, 5.74) is 12.2. The molecule has 2 aromatic carbocycles. The van der Waals surface area contributed by atoms with Gasteiger partial charge in [0.25, 0.3) is 6.01 Å². The van der Waals surface area contributed by atoms with Crippen LogP contribution in [0.1, 0.15) is 50.1 Å². The van der Waals surface area contributed by atoms with E-state index in [0.717, 1.165) is 77.3 Å². The third-order valence-corrected chi connectivity index (χ3v) is 8.06. The number of nitrogens with zero attached hydrogens (tertiary/aromatic N) is 6. The predicted molar refractivity (Wildman–Crippen MR) is 156 cm³/mol. The summed E-state index contributed by atoms with van der Waals surface area (Å²) in [5.74, 6) is 1.18. The zero-order chi connectivity index (χ0) is 27.1. The maximum Gasteiger partial charge on any atom is 0.300 e. The van der Waals surface area contributed by atoms with Gasteiger partial charge in [-0.2, -0.15) is 10.1 Å². The molecule has 0 spiro atoms. The van der Waals surface area contributed by atoms with Gasteiger partial charge in [-0.3, -0.25) is 4.90 Å². The number of hydrogen-bond donors (Lipinski definition) is 2. The molecule has 4 heterocycles. The van der Waals surface area contributed by atoms with Gasteiger partial charge < -0.3 is 20.2 Å². The van der Waals surface area contributed by atoms with Crippen LogP contribution in [0.4, 0.5) is 17.5 Å². The number of anilines is 3. The monoisotopic (exact) mass is 538 g/mol. The van der Waals surface area contributed by atoms with Crippen LogP contribution in [0.15, 0.2) is 47.1 Å². The molecular weight excluding hydrogens is 504 g/mol. The van der Waals surface area contributed by atoms with Crippen molar-refractivity contribution in [2.24, 2.45) is 0 Å². The lowest BCUT2D eigenvalue weighted by molar-refractivity contribution is 0.238. The third-order valence-electron chi connectivity index (χ3n) is 8.06. The van der Waals surface area contributed by atoms with E-state index in [1.54, 1.807) is 0 Å².